The summed E-state index contributed by atoms with van der Waals surface area (Å²) >= 11 is 7.56. The Morgan fingerprint density at radius 3 is 3.06 bits per heavy atom. The smallest absolute Gasteiger partial charge is 0.253 e. The molecule has 2 N–H and O–H groups in total. The monoisotopic (exact) mass is 282 g/mol. The largest absolute Gasteiger partial charge is 0.345 e. The summed E-state index contributed by atoms with van der Waals surface area (Å²) in [4.78, 5) is 16.9. The van der Waals surface area contributed by atoms with Crippen LogP contribution in [0.2, 0.25) is 5.02 Å². The summed E-state index contributed by atoms with van der Waals surface area (Å²) in [5.41, 5.74) is 0.461. The number of amides is 1. The molecule has 1 heterocycles. The zero-order chi connectivity index (χ0) is 13.0. The van der Waals surface area contributed by atoms with Crippen LogP contribution in [-0.4, -0.2) is 27.3 Å². The minimum Gasteiger partial charge on any atom is -0.345 e. The van der Waals surface area contributed by atoms with E-state index < -0.39 is 0 Å². The fourth-order valence-corrected chi connectivity index (χ4v) is 2.02. The van der Waals surface area contributed by atoms with Crippen LogP contribution in [0.3, 0.4) is 0 Å². The molecule has 0 radical (unpaired) electrons. The Hall–Kier alpha value is -1.53. The van der Waals surface area contributed by atoms with Crippen LogP contribution in [-0.2, 0) is 6.54 Å². The average molecular weight is 283 g/mol. The lowest BCUT2D eigenvalue weighted by Gasteiger charge is -2.06. The first kappa shape index (κ1) is 12.9. The molecule has 0 aliphatic heterocycles. The van der Waals surface area contributed by atoms with Gasteiger partial charge < -0.3 is 5.32 Å². The molecule has 0 spiro atoms. The number of carbonyl (C=O) groups is 1. The highest BCUT2D eigenvalue weighted by Crippen LogP contribution is 2.22. The number of aromatic amines is 1. The van der Waals surface area contributed by atoms with Gasteiger partial charge in [0.25, 0.3) is 5.91 Å². The van der Waals surface area contributed by atoms with Crippen molar-refractivity contribution in [2.24, 2.45) is 0 Å². The molecule has 2 rings (SSSR count). The van der Waals surface area contributed by atoms with Crippen molar-refractivity contribution in [1.29, 1.82) is 0 Å². The Morgan fingerprint density at radius 2 is 2.39 bits per heavy atom. The second-order valence-electron chi connectivity index (χ2n) is 3.46. The van der Waals surface area contributed by atoms with Gasteiger partial charge in [0.2, 0.25) is 0 Å². The molecule has 0 aliphatic rings. The SMILES string of the molecule is CSc1ccc(Cl)c(C(=O)NCc2ncn[nH]2)c1. The van der Waals surface area contributed by atoms with Crippen LogP contribution in [0.4, 0.5) is 0 Å². The molecule has 2 aromatic rings. The number of rotatable bonds is 4. The predicted octanol–water partition coefficient (Wildman–Crippen LogP) is 2.11. The van der Waals surface area contributed by atoms with Crippen LogP contribution < -0.4 is 5.32 Å². The van der Waals surface area contributed by atoms with Gasteiger partial charge in [-0.15, -0.1) is 11.8 Å². The van der Waals surface area contributed by atoms with Crippen LogP contribution in [0.5, 0.6) is 0 Å². The molecule has 0 aliphatic carbocycles. The number of carbonyl (C=O) groups excluding carboxylic acids is 1. The Bertz CT molecular complexity index is 544. The fraction of sp³-hybridized carbons (Fsp3) is 0.182. The summed E-state index contributed by atoms with van der Waals surface area (Å²) in [6.45, 7) is 0.290. The van der Waals surface area contributed by atoms with Crippen molar-refractivity contribution < 1.29 is 4.79 Å². The Balaban J connectivity index is 2.08. The molecule has 0 saturated carbocycles. The van der Waals surface area contributed by atoms with Gasteiger partial charge in [0.1, 0.15) is 12.2 Å². The predicted molar refractivity (Wildman–Crippen MR) is 70.8 cm³/mol. The van der Waals surface area contributed by atoms with Gasteiger partial charge in [-0.2, -0.15) is 5.10 Å². The zero-order valence-electron chi connectivity index (χ0n) is 9.61. The summed E-state index contributed by atoms with van der Waals surface area (Å²) in [7, 11) is 0. The molecule has 7 heteroatoms. The topological polar surface area (TPSA) is 70.7 Å². The standard InChI is InChI=1S/C11H11ClN4OS/c1-18-7-2-3-9(12)8(4-7)11(17)13-5-10-14-6-15-16-10/h2-4,6H,5H2,1H3,(H,13,17)(H,14,15,16). The first-order valence-corrected chi connectivity index (χ1v) is 6.77. The van der Waals surface area contributed by atoms with E-state index in [4.69, 9.17) is 11.6 Å². The van der Waals surface area contributed by atoms with Crippen LogP contribution in [0.15, 0.2) is 29.4 Å². The number of nitrogens with zero attached hydrogens (tertiary/aromatic N) is 2. The molecule has 1 aromatic carbocycles. The number of nitrogens with one attached hydrogen (secondary N) is 2. The van der Waals surface area contributed by atoms with Crippen molar-refractivity contribution in [2.45, 2.75) is 11.4 Å². The van der Waals surface area contributed by atoms with E-state index in [9.17, 15) is 4.79 Å². The van der Waals surface area contributed by atoms with Crippen LogP contribution >= 0.6 is 23.4 Å². The van der Waals surface area contributed by atoms with Crippen molar-refractivity contribution in [3.8, 4) is 0 Å². The van der Waals surface area contributed by atoms with Crippen molar-refractivity contribution in [3.05, 3.63) is 40.9 Å². The minimum absolute atomic E-state index is 0.229. The fourth-order valence-electron chi connectivity index (χ4n) is 1.38. The number of hydrogen-bond acceptors (Lipinski definition) is 4. The first-order valence-electron chi connectivity index (χ1n) is 5.16. The molecule has 0 atom stereocenters. The summed E-state index contributed by atoms with van der Waals surface area (Å²) in [5, 5.41) is 9.53. The number of hydrogen-bond donors (Lipinski definition) is 2. The molecule has 0 saturated heterocycles. The highest BCUT2D eigenvalue weighted by atomic mass is 35.5. The zero-order valence-corrected chi connectivity index (χ0v) is 11.2. The van der Waals surface area contributed by atoms with Crippen LogP contribution in [0.1, 0.15) is 16.2 Å². The van der Waals surface area contributed by atoms with Crippen molar-refractivity contribution in [1.82, 2.24) is 20.5 Å². The third kappa shape index (κ3) is 3.02. The van der Waals surface area contributed by atoms with Gasteiger partial charge in [-0.05, 0) is 24.5 Å². The van der Waals surface area contributed by atoms with Gasteiger partial charge in [0.15, 0.2) is 0 Å². The molecule has 18 heavy (non-hydrogen) atoms. The quantitative estimate of drug-likeness (QED) is 0.843. The molecule has 0 unspecified atom stereocenters. The van der Waals surface area contributed by atoms with Gasteiger partial charge in [-0.1, -0.05) is 11.6 Å². The molecular formula is C11H11ClN4OS. The Labute approximate surface area is 113 Å². The van der Waals surface area contributed by atoms with Gasteiger partial charge in [-0.25, -0.2) is 4.98 Å². The minimum atomic E-state index is -0.229. The van der Waals surface area contributed by atoms with E-state index in [0.29, 0.717) is 23.0 Å². The van der Waals surface area contributed by atoms with Crippen molar-refractivity contribution in [2.75, 3.05) is 6.26 Å². The van der Waals surface area contributed by atoms with Crippen molar-refractivity contribution >= 4 is 29.3 Å². The average Bonchev–Trinajstić information content (AvgIpc) is 2.89. The van der Waals surface area contributed by atoms with E-state index in [1.807, 2.05) is 12.3 Å². The normalized spacial score (nSPS) is 10.3. The van der Waals surface area contributed by atoms with Crippen LogP contribution in [0, 0.1) is 0 Å². The summed E-state index contributed by atoms with van der Waals surface area (Å²) in [6.07, 6.45) is 3.34. The van der Waals surface area contributed by atoms with E-state index in [0.717, 1.165) is 4.90 Å². The number of aromatic nitrogens is 3. The highest BCUT2D eigenvalue weighted by Gasteiger charge is 2.11. The summed E-state index contributed by atoms with van der Waals surface area (Å²) in [6, 6.07) is 5.36. The van der Waals surface area contributed by atoms with E-state index in [1.165, 1.54) is 6.33 Å². The lowest BCUT2D eigenvalue weighted by Crippen LogP contribution is -2.23. The van der Waals surface area contributed by atoms with Gasteiger partial charge in [0, 0.05) is 4.90 Å². The van der Waals surface area contributed by atoms with Gasteiger partial charge in [-0.3, -0.25) is 9.89 Å². The second-order valence-corrected chi connectivity index (χ2v) is 4.75. The molecule has 0 bridgehead atoms. The molecular weight excluding hydrogens is 272 g/mol. The molecule has 1 aromatic heterocycles. The van der Waals surface area contributed by atoms with E-state index in [1.54, 1.807) is 23.9 Å². The maximum Gasteiger partial charge on any atom is 0.253 e. The molecule has 5 nitrogen and oxygen atoms in total. The molecule has 94 valence electrons. The third-order valence-electron chi connectivity index (χ3n) is 2.30. The number of benzene rings is 1. The molecule has 0 fully saturated rings. The summed E-state index contributed by atoms with van der Waals surface area (Å²) < 4.78 is 0. The number of thioether (sulfide) groups is 1. The number of H-pyrrole nitrogens is 1. The Kier molecular flexibility index (Phi) is 4.22. The van der Waals surface area contributed by atoms with E-state index in [2.05, 4.69) is 20.5 Å². The van der Waals surface area contributed by atoms with Crippen LogP contribution in [0.25, 0.3) is 0 Å². The lowest BCUT2D eigenvalue weighted by atomic mass is 10.2. The second kappa shape index (κ2) is 5.88. The lowest BCUT2D eigenvalue weighted by molar-refractivity contribution is 0.0950. The third-order valence-corrected chi connectivity index (χ3v) is 3.35. The maximum atomic E-state index is 12.0. The number of halogens is 1. The summed E-state index contributed by atoms with van der Waals surface area (Å²) in [5.74, 6) is 0.368. The van der Waals surface area contributed by atoms with Crippen molar-refractivity contribution in [3.63, 3.8) is 0 Å². The maximum absolute atomic E-state index is 12.0. The first-order chi connectivity index (χ1) is 8.70. The molecule has 1 amide bonds. The van der Waals surface area contributed by atoms with Gasteiger partial charge in [0.05, 0.1) is 17.1 Å². The highest BCUT2D eigenvalue weighted by molar-refractivity contribution is 7.98. The van der Waals surface area contributed by atoms with E-state index >= 15 is 0 Å². The Morgan fingerprint density at radius 1 is 1.56 bits per heavy atom. The van der Waals surface area contributed by atoms with E-state index in [-0.39, 0.29) is 5.91 Å². The van der Waals surface area contributed by atoms with Gasteiger partial charge >= 0.3 is 0 Å².